The molecule has 2 aromatic carbocycles. The highest BCUT2D eigenvalue weighted by atomic mass is 127. The number of anilines is 1. The van der Waals surface area contributed by atoms with Crippen molar-refractivity contribution in [2.75, 3.05) is 19.5 Å². The first-order valence-electron chi connectivity index (χ1n) is 7.82. The van der Waals surface area contributed by atoms with Gasteiger partial charge in [-0.3, -0.25) is 4.79 Å². The first-order chi connectivity index (χ1) is 12.4. The topological polar surface area (TPSA) is 71.3 Å². The van der Waals surface area contributed by atoms with Crippen LogP contribution < -0.4 is 14.8 Å². The van der Waals surface area contributed by atoms with Crippen LogP contribution in [0, 0.1) is 28.7 Å². The van der Waals surface area contributed by atoms with Crippen molar-refractivity contribution in [3.63, 3.8) is 0 Å². The molecule has 26 heavy (non-hydrogen) atoms. The molecule has 0 unspecified atom stereocenters. The van der Waals surface area contributed by atoms with E-state index in [1.807, 2.05) is 44.2 Å². The van der Waals surface area contributed by atoms with Crippen LogP contribution in [0.25, 0.3) is 6.08 Å². The average Bonchev–Trinajstić information content (AvgIpc) is 2.62. The number of nitrogens with zero attached hydrogens (tertiary/aromatic N) is 1. The van der Waals surface area contributed by atoms with E-state index in [9.17, 15) is 10.1 Å². The van der Waals surface area contributed by atoms with Gasteiger partial charge in [-0.05, 0) is 77.4 Å². The molecule has 134 valence electrons. The van der Waals surface area contributed by atoms with Gasteiger partial charge in [0.1, 0.15) is 11.6 Å². The van der Waals surface area contributed by atoms with E-state index in [0.29, 0.717) is 22.7 Å². The van der Waals surface area contributed by atoms with E-state index in [4.69, 9.17) is 9.47 Å². The summed E-state index contributed by atoms with van der Waals surface area (Å²) in [5.74, 6) is 0.701. The molecule has 0 saturated carbocycles. The third-order valence-corrected chi connectivity index (χ3v) is 4.79. The molecule has 6 heteroatoms. The number of carbonyl (C=O) groups excluding carboxylic acids is 1. The van der Waals surface area contributed by atoms with Crippen molar-refractivity contribution in [1.82, 2.24) is 0 Å². The zero-order chi connectivity index (χ0) is 19.3. The van der Waals surface area contributed by atoms with E-state index in [0.717, 1.165) is 14.7 Å². The lowest BCUT2D eigenvalue weighted by atomic mass is 10.1. The van der Waals surface area contributed by atoms with Crippen molar-refractivity contribution >= 4 is 40.3 Å². The lowest BCUT2D eigenvalue weighted by Crippen LogP contribution is -2.14. The molecule has 0 aliphatic heterocycles. The van der Waals surface area contributed by atoms with Crippen molar-refractivity contribution in [3.8, 4) is 17.6 Å². The van der Waals surface area contributed by atoms with Gasteiger partial charge in [0.25, 0.3) is 5.91 Å². The lowest BCUT2D eigenvalue weighted by molar-refractivity contribution is -0.112. The molecule has 0 heterocycles. The summed E-state index contributed by atoms with van der Waals surface area (Å²) in [6.07, 6.45) is 1.53. The zero-order valence-corrected chi connectivity index (χ0v) is 17.2. The Morgan fingerprint density at radius 2 is 1.96 bits per heavy atom. The Morgan fingerprint density at radius 3 is 2.58 bits per heavy atom. The summed E-state index contributed by atoms with van der Waals surface area (Å²) in [5.41, 5.74) is 3.42. The Bertz CT molecular complexity index is 914. The van der Waals surface area contributed by atoms with Gasteiger partial charge in [-0.25, -0.2) is 0 Å². The molecule has 0 aliphatic rings. The number of rotatable bonds is 5. The number of hydrogen-bond acceptors (Lipinski definition) is 4. The van der Waals surface area contributed by atoms with Crippen LogP contribution in [0.5, 0.6) is 11.5 Å². The SMILES string of the molecule is COc1cc(/C=C(/C#N)C(=O)Nc2cccc(C)c2C)cc(I)c1OC. The van der Waals surface area contributed by atoms with Gasteiger partial charge in [0.15, 0.2) is 11.5 Å². The number of halogens is 1. The number of methoxy groups -OCH3 is 2. The van der Waals surface area contributed by atoms with Crippen molar-refractivity contribution in [1.29, 1.82) is 5.26 Å². The molecular weight excluding hydrogens is 443 g/mol. The van der Waals surface area contributed by atoms with Gasteiger partial charge in [-0.2, -0.15) is 5.26 Å². The third kappa shape index (κ3) is 4.35. The second-order valence-electron chi connectivity index (χ2n) is 5.61. The molecule has 0 atom stereocenters. The van der Waals surface area contributed by atoms with E-state index in [-0.39, 0.29) is 5.57 Å². The number of nitrogens with one attached hydrogen (secondary N) is 1. The molecule has 0 saturated heterocycles. The normalized spacial score (nSPS) is 10.8. The van der Waals surface area contributed by atoms with Gasteiger partial charge < -0.3 is 14.8 Å². The number of hydrogen-bond donors (Lipinski definition) is 1. The standard InChI is InChI=1S/C20H19IN2O3/c1-12-6-5-7-17(13(12)2)23-20(24)15(11-22)8-14-9-16(21)19(26-4)18(10-14)25-3/h5-10H,1-4H3,(H,23,24)/b15-8-. The number of carbonyl (C=O) groups is 1. The molecule has 2 rings (SSSR count). The second kappa shape index (κ2) is 8.72. The summed E-state index contributed by atoms with van der Waals surface area (Å²) in [7, 11) is 3.10. The van der Waals surface area contributed by atoms with Gasteiger partial charge in [0.2, 0.25) is 0 Å². The summed E-state index contributed by atoms with van der Waals surface area (Å²) < 4.78 is 11.4. The van der Waals surface area contributed by atoms with E-state index in [2.05, 4.69) is 27.9 Å². The second-order valence-corrected chi connectivity index (χ2v) is 6.77. The summed E-state index contributed by atoms with van der Waals surface area (Å²) in [5, 5.41) is 12.2. The fraction of sp³-hybridized carbons (Fsp3) is 0.200. The van der Waals surface area contributed by atoms with Crippen molar-refractivity contribution in [2.24, 2.45) is 0 Å². The van der Waals surface area contributed by atoms with Crippen molar-refractivity contribution < 1.29 is 14.3 Å². The minimum atomic E-state index is -0.453. The average molecular weight is 462 g/mol. The van der Waals surface area contributed by atoms with Crippen LogP contribution in [-0.4, -0.2) is 20.1 Å². The maximum Gasteiger partial charge on any atom is 0.266 e. The zero-order valence-electron chi connectivity index (χ0n) is 15.0. The molecule has 5 nitrogen and oxygen atoms in total. The van der Waals surface area contributed by atoms with Crippen LogP contribution >= 0.6 is 22.6 Å². The minimum absolute atomic E-state index is 0.00826. The van der Waals surface area contributed by atoms with E-state index in [1.165, 1.54) is 6.08 Å². The molecule has 0 radical (unpaired) electrons. The summed E-state index contributed by atoms with van der Waals surface area (Å²) >= 11 is 2.12. The molecule has 1 amide bonds. The molecule has 0 bridgehead atoms. The molecule has 2 aromatic rings. The van der Waals surface area contributed by atoms with Crippen LogP contribution in [0.15, 0.2) is 35.9 Å². The van der Waals surface area contributed by atoms with Gasteiger partial charge in [-0.15, -0.1) is 0 Å². The fourth-order valence-electron chi connectivity index (χ4n) is 2.41. The predicted molar refractivity (Wildman–Crippen MR) is 110 cm³/mol. The summed E-state index contributed by atoms with van der Waals surface area (Å²) in [6, 6.07) is 11.2. The van der Waals surface area contributed by atoms with Crippen LogP contribution in [0.2, 0.25) is 0 Å². The molecule has 1 N–H and O–H groups in total. The van der Waals surface area contributed by atoms with Gasteiger partial charge in [0.05, 0.1) is 17.8 Å². The first-order valence-corrected chi connectivity index (χ1v) is 8.90. The third-order valence-electron chi connectivity index (χ3n) is 3.98. The van der Waals surface area contributed by atoms with Gasteiger partial charge in [0, 0.05) is 5.69 Å². The maximum absolute atomic E-state index is 12.5. The number of amides is 1. The highest BCUT2D eigenvalue weighted by molar-refractivity contribution is 14.1. The Kier molecular flexibility index (Phi) is 6.64. The van der Waals surface area contributed by atoms with E-state index in [1.54, 1.807) is 20.3 Å². The molecular formula is C20H19IN2O3. The number of ether oxygens (including phenoxy) is 2. The van der Waals surface area contributed by atoms with Gasteiger partial charge in [-0.1, -0.05) is 12.1 Å². The monoisotopic (exact) mass is 462 g/mol. The molecule has 0 aliphatic carbocycles. The maximum atomic E-state index is 12.5. The Labute approximate surface area is 166 Å². The number of benzene rings is 2. The van der Waals surface area contributed by atoms with Crippen molar-refractivity contribution in [2.45, 2.75) is 13.8 Å². The van der Waals surface area contributed by atoms with E-state index < -0.39 is 5.91 Å². The minimum Gasteiger partial charge on any atom is -0.493 e. The first kappa shape index (κ1) is 19.8. The Morgan fingerprint density at radius 1 is 1.23 bits per heavy atom. The van der Waals surface area contributed by atoms with Gasteiger partial charge >= 0.3 is 0 Å². The predicted octanol–water partition coefficient (Wildman–Crippen LogP) is 4.47. The summed E-state index contributed by atoms with van der Waals surface area (Å²) in [4.78, 5) is 12.5. The largest absolute Gasteiger partial charge is 0.493 e. The molecule has 0 spiro atoms. The van der Waals surface area contributed by atoms with Crippen LogP contribution in [-0.2, 0) is 4.79 Å². The fourth-order valence-corrected chi connectivity index (χ4v) is 3.26. The van der Waals surface area contributed by atoms with Crippen LogP contribution in [0.1, 0.15) is 16.7 Å². The smallest absolute Gasteiger partial charge is 0.266 e. The van der Waals surface area contributed by atoms with Crippen LogP contribution in [0.4, 0.5) is 5.69 Å². The number of aryl methyl sites for hydroxylation is 1. The quantitative estimate of drug-likeness (QED) is 0.405. The lowest BCUT2D eigenvalue weighted by Gasteiger charge is -2.11. The summed E-state index contributed by atoms with van der Waals surface area (Å²) in [6.45, 7) is 3.90. The van der Waals surface area contributed by atoms with Crippen molar-refractivity contribution in [3.05, 3.63) is 56.2 Å². The number of nitriles is 1. The highest BCUT2D eigenvalue weighted by Crippen LogP contribution is 2.34. The molecule has 0 fully saturated rings. The molecule has 0 aromatic heterocycles. The highest BCUT2D eigenvalue weighted by Gasteiger charge is 2.14. The Balaban J connectivity index is 2.36. The van der Waals surface area contributed by atoms with E-state index >= 15 is 0 Å². The van der Waals surface area contributed by atoms with Crippen LogP contribution in [0.3, 0.4) is 0 Å². The Hall–Kier alpha value is -2.53.